The Bertz CT molecular complexity index is 196. The topological polar surface area (TPSA) is 41.8 Å². The van der Waals surface area contributed by atoms with Crippen molar-refractivity contribution in [2.45, 2.75) is 26.2 Å². The monoisotopic (exact) mass is 152 g/mol. The third-order valence-corrected chi connectivity index (χ3v) is 1.73. The van der Waals surface area contributed by atoms with Crippen molar-refractivity contribution in [1.82, 2.24) is 0 Å². The first-order chi connectivity index (χ1) is 5.34. The van der Waals surface area contributed by atoms with Gasteiger partial charge in [-0.15, -0.1) is 0 Å². The number of unbranched alkanes of at least 4 members (excludes halogenated alkanes) is 1. The van der Waals surface area contributed by atoms with E-state index in [4.69, 9.17) is 0 Å². The molecule has 0 N–H and O–H groups in total. The molecule has 1 heterocycles. The first-order valence-electron chi connectivity index (χ1n) is 3.95. The molecular formula is C8H12N2O. The molecule has 0 saturated heterocycles. The first kappa shape index (κ1) is 8.11. The van der Waals surface area contributed by atoms with Gasteiger partial charge in [0.2, 0.25) is 0 Å². The molecule has 60 valence electrons. The molecule has 0 amide bonds. The van der Waals surface area contributed by atoms with Gasteiger partial charge in [-0.25, -0.2) is 0 Å². The van der Waals surface area contributed by atoms with Crippen molar-refractivity contribution in [3.8, 4) is 0 Å². The third kappa shape index (κ3) is 2.26. The zero-order valence-corrected chi connectivity index (χ0v) is 6.66. The Balaban J connectivity index is 2.39. The number of hydrogen-bond donors (Lipinski definition) is 0. The standard InChI is InChI=1S/C8H12N2O/c1-2-3-4-7-5-9-10-6-8(7)11/h5-7H,2-4H2,1H3. The van der Waals surface area contributed by atoms with Crippen LogP contribution in [0.15, 0.2) is 10.2 Å². The second-order valence-corrected chi connectivity index (χ2v) is 2.66. The van der Waals surface area contributed by atoms with Gasteiger partial charge in [0.15, 0.2) is 5.78 Å². The Morgan fingerprint density at radius 3 is 3.00 bits per heavy atom. The predicted molar refractivity (Wildman–Crippen MR) is 45.0 cm³/mol. The molecule has 0 radical (unpaired) electrons. The fourth-order valence-corrected chi connectivity index (χ4v) is 1.02. The lowest BCUT2D eigenvalue weighted by Crippen LogP contribution is -2.19. The minimum Gasteiger partial charge on any atom is -0.292 e. The Hall–Kier alpha value is -0.990. The molecular weight excluding hydrogens is 140 g/mol. The summed E-state index contributed by atoms with van der Waals surface area (Å²) in [5, 5.41) is 7.20. The van der Waals surface area contributed by atoms with Gasteiger partial charge in [-0.1, -0.05) is 19.8 Å². The van der Waals surface area contributed by atoms with Crippen LogP contribution in [-0.2, 0) is 4.79 Å². The van der Waals surface area contributed by atoms with Gasteiger partial charge in [0.05, 0.1) is 12.1 Å². The van der Waals surface area contributed by atoms with Crippen LogP contribution in [0.25, 0.3) is 0 Å². The van der Waals surface area contributed by atoms with E-state index in [1.54, 1.807) is 6.21 Å². The summed E-state index contributed by atoms with van der Waals surface area (Å²) in [6.45, 7) is 2.11. The largest absolute Gasteiger partial charge is 0.292 e. The maximum Gasteiger partial charge on any atom is 0.184 e. The van der Waals surface area contributed by atoms with E-state index in [2.05, 4.69) is 17.1 Å². The van der Waals surface area contributed by atoms with Gasteiger partial charge in [0, 0.05) is 6.21 Å². The molecule has 1 atom stereocenters. The molecule has 0 aromatic heterocycles. The van der Waals surface area contributed by atoms with Crippen LogP contribution in [0.2, 0.25) is 0 Å². The predicted octanol–water partition coefficient (Wildman–Crippen LogP) is 1.43. The van der Waals surface area contributed by atoms with E-state index < -0.39 is 0 Å². The fourth-order valence-electron chi connectivity index (χ4n) is 1.02. The maximum absolute atomic E-state index is 11.1. The maximum atomic E-state index is 11.1. The van der Waals surface area contributed by atoms with Crippen LogP contribution in [-0.4, -0.2) is 18.2 Å². The summed E-state index contributed by atoms with van der Waals surface area (Å²) in [5.41, 5.74) is 0. The van der Waals surface area contributed by atoms with Gasteiger partial charge in [-0.05, 0) is 6.42 Å². The zero-order valence-electron chi connectivity index (χ0n) is 6.66. The van der Waals surface area contributed by atoms with Gasteiger partial charge in [-0.3, -0.25) is 4.79 Å². The van der Waals surface area contributed by atoms with Crippen LogP contribution in [0.4, 0.5) is 0 Å². The zero-order chi connectivity index (χ0) is 8.10. The van der Waals surface area contributed by atoms with Gasteiger partial charge in [-0.2, -0.15) is 10.2 Å². The lowest BCUT2D eigenvalue weighted by atomic mass is 9.99. The van der Waals surface area contributed by atoms with Crippen molar-refractivity contribution < 1.29 is 4.79 Å². The minimum absolute atomic E-state index is 0.00699. The average molecular weight is 152 g/mol. The summed E-state index contributed by atoms with van der Waals surface area (Å²) in [4.78, 5) is 11.1. The molecule has 1 unspecified atom stereocenters. The molecule has 1 aliphatic heterocycles. The van der Waals surface area contributed by atoms with Crippen molar-refractivity contribution in [2.24, 2.45) is 16.1 Å². The molecule has 3 nitrogen and oxygen atoms in total. The third-order valence-electron chi connectivity index (χ3n) is 1.73. The van der Waals surface area contributed by atoms with Crippen molar-refractivity contribution in [2.75, 3.05) is 0 Å². The number of nitrogens with zero attached hydrogens (tertiary/aromatic N) is 2. The molecule has 0 aromatic carbocycles. The Morgan fingerprint density at radius 2 is 2.36 bits per heavy atom. The lowest BCUT2D eigenvalue weighted by Gasteiger charge is -2.07. The molecule has 11 heavy (non-hydrogen) atoms. The van der Waals surface area contributed by atoms with Gasteiger partial charge in [0.25, 0.3) is 0 Å². The lowest BCUT2D eigenvalue weighted by molar-refractivity contribution is -0.114. The number of ketones is 1. The van der Waals surface area contributed by atoms with Crippen LogP contribution in [0.1, 0.15) is 26.2 Å². The fraction of sp³-hybridized carbons (Fsp3) is 0.625. The molecule has 3 heteroatoms. The van der Waals surface area contributed by atoms with E-state index in [0.29, 0.717) is 0 Å². The number of rotatable bonds is 3. The average Bonchev–Trinajstić information content (AvgIpc) is 2.03. The van der Waals surface area contributed by atoms with E-state index in [-0.39, 0.29) is 11.7 Å². The van der Waals surface area contributed by atoms with E-state index >= 15 is 0 Å². The van der Waals surface area contributed by atoms with Crippen LogP contribution in [0.3, 0.4) is 0 Å². The Morgan fingerprint density at radius 1 is 1.55 bits per heavy atom. The normalized spacial score (nSPS) is 22.6. The van der Waals surface area contributed by atoms with Crippen LogP contribution in [0, 0.1) is 5.92 Å². The quantitative estimate of drug-likeness (QED) is 0.603. The van der Waals surface area contributed by atoms with Crippen molar-refractivity contribution in [3.05, 3.63) is 0 Å². The van der Waals surface area contributed by atoms with Crippen LogP contribution >= 0.6 is 0 Å². The number of Topliss-reactive ketones (excluding diaryl/α,β-unsaturated/α-hetero) is 1. The number of hydrogen-bond acceptors (Lipinski definition) is 3. The van der Waals surface area contributed by atoms with Gasteiger partial charge < -0.3 is 0 Å². The highest BCUT2D eigenvalue weighted by atomic mass is 16.1. The Labute approximate surface area is 66.2 Å². The Kier molecular flexibility index (Phi) is 2.95. The summed E-state index contributed by atoms with van der Waals surface area (Å²) >= 11 is 0. The SMILES string of the molecule is CCCCC1C=NN=CC1=O. The highest BCUT2D eigenvalue weighted by molar-refractivity contribution is 6.32. The van der Waals surface area contributed by atoms with E-state index in [1.807, 2.05) is 0 Å². The highest BCUT2D eigenvalue weighted by Crippen LogP contribution is 2.08. The molecule has 0 fully saturated rings. The summed E-state index contributed by atoms with van der Waals surface area (Å²) in [6.07, 6.45) is 6.05. The van der Waals surface area contributed by atoms with Gasteiger partial charge in [0.1, 0.15) is 0 Å². The van der Waals surface area contributed by atoms with E-state index in [1.165, 1.54) is 6.21 Å². The second-order valence-electron chi connectivity index (χ2n) is 2.66. The van der Waals surface area contributed by atoms with Gasteiger partial charge >= 0.3 is 0 Å². The minimum atomic E-state index is -0.00699. The molecule has 0 saturated carbocycles. The molecule has 0 spiro atoms. The molecule has 0 aliphatic carbocycles. The van der Waals surface area contributed by atoms with E-state index in [9.17, 15) is 4.79 Å². The molecule has 0 aromatic rings. The van der Waals surface area contributed by atoms with Crippen LogP contribution < -0.4 is 0 Å². The molecule has 1 rings (SSSR count). The van der Waals surface area contributed by atoms with Crippen molar-refractivity contribution in [1.29, 1.82) is 0 Å². The number of carbonyl (C=O) groups is 1. The summed E-state index contributed by atoms with van der Waals surface area (Å²) in [7, 11) is 0. The molecule has 0 bridgehead atoms. The molecule has 1 aliphatic rings. The summed E-state index contributed by atoms with van der Waals surface area (Å²) in [6, 6.07) is 0. The van der Waals surface area contributed by atoms with Crippen molar-refractivity contribution >= 4 is 18.2 Å². The number of carbonyl (C=O) groups excluding carboxylic acids is 1. The second kappa shape index (κ2) is 4.01. The van der Waals surface area contributed by atoms with Crippen molar-refractivity contribution in [3.63, 3.8) is 0 Å². The summed E-state index contributed by atoms with van der Waals surface area (Å²) in [5.74, 6) is 0.0842. The first-order valence-corrected chi connectivity index (χ1v) is 3.95. The smallest absolute Gasteiger partial charge is 0.184 e. The van der Waals surface area contributed by atoms with E-state index in [0.717, 1.165) is 19.3 Å². The highest BCUT2D eigenvalue weighted by Gasteiger charge is 2.15. The van der Waals surface area contributed by atoms with Crippen LogP contribution in [0.5, 0.6) is 0 Å². The summed E-state index contributed by atoms with van der Waals surface area (Å²) < 4.78 is 0.